The predicted octanol–water partition coefficient (Wildman–Crippen LogP) is 6.29. The first kappa shape index (κ1) is 22.5. The zero-order valence-electron chi connectivity index (χ0n) is 14.6. The Kier molecular flexibility index (Phi) is 13.0. The molecule has 5 heteroatoms. The summed E-state index contributed by atoms with van der Waals surface area (Å²) in [4.78, 5) is 10.9. The maximum Gasteiger partial charge on any atom is 0.490 e. The predicted molar refractivity (Wildman–Crippen MR) is 91.6 cm³/mol. The van der Waals surface area contributed by atoms with Crippen LogP contribution in [0.4, 0.5) is 13.2 Å². The van der Waals surface area contributed by atoms with E-state index in [-0.39, 0.29) is 0 Å². The van der Waals surface area contributed by atoms with Gasteiger partial charge in [-0.1, -0.05) is 62.6 Å². The van der Waals surface area contributed by atoms with Gasteiger partial charge in [0.25, 0.3) is 0 Å². The highest BCUT2D eigenvalue weighted by Crippen LogP contribution is 2.21. The van der Waals surface area contributed by atoms with E-state index in [0.717, 1.165) is 32.1 Å². The number of unbranched alkanes of at least 4 members (excludes halogenated alkanes) is 4. The highest BCUT2D eigenvalue weighted by Gasteiger charge is 2.42. The SMILES string of the molecule is C/C=C/C=C/C=C/CCCCCCC(CCC)OC(=O)C(F)(F)F. The second kappa shape index (κ2) is 13.9. The number of allylic oxidation sites excluding steroid dienone is 6. The van der Waals surface area contributed by atoms with Crippen molar-refractivity contribution in [3.63, 3.8) is 0 Å². The molecule has 24 heavy (non-hydrogen) atoms. The van der Waals surface area contributed by atoms with Gasteiger partial charge in [-0.3, -0.25) is 0 Å². The lowest BCUT2D eigenvalue weighted by atomic mass is 10.0. The van der Waals surface area contributed by atoms with Crippen molar-refractivity contribution in [2.24, 2.45) is 0 Å². The third-order valence-corrected chi connectivity index (χ3v) is 3.42. The Bertz CT molecular complexity index is 409. The number of alkyl halides is 3. The number of hydrogen-bond acceptors (Lipinski definition) is 2. The van der Waals surface area contributed by atoms with Crippen molar-refractivity contribution in [3.05, 3.63) is 36.5 Å². The number of esters is 1. The molecule has 0 aromatic rings. The van der Waals surface area contributed by atoms with Crippen LogP contribution in [0.5, 0.6) is 0 Å². The molecule has 0 fully saturated rings. The van der Waals surface area contributed by atoms with Crippen molar-refractivity contribution < 1.29 is 22.7 Å². The van der Waals surface area contributed by atoms with E-state index in [2.05, 4.69) is 10.8 Å². The molecule has 0 aromatic heterocycles. The minimum absolute atomic E-state index is 0.475. The molecule has 1 atom stereocenters. The molecule has 0 saturated carbocycles. The maximum absolute atomic E-state index is 12.2. The van der Waals surface area contributed by atoms with Crippen LogP contribution in [0.25, 0.3) is 0 Å². The number of carbonyl (C=O) groups is 1. The summed E-state index contributed by atoms with van der Waals surface area (Å²) in [7, 11) is 0. The minimum atomic E-state index is -4.90. The van der Waals surface area contributed by atoms with Gasteiger partial charge in [0.05, 0.1) is 0 Å². The standard InChI is InChI=1S/C19H29F3O2/c1-3-5-6-7-8-9-10-11-12-13-14-16-17(15-4-2)24-18(23)19(20,21)22/h3,5-9,17H,4,10-16H2,1-2H3/b5-3+,7-6+,9-8+. The zero-order chi connectivity index (χ0) is 18.3. The smallest absolute Gasteiger partial charge is 0.456 e. The molecule has 0 radical (unpaired) electrons. The van der Waals surface area contributed by atoms with Crippen LogP contribution in [0.3, 0.4) is 0 Å². The second-order valence-corrected chi connectivity index (χ2v) is 5.64. The van der Waals surface area contributed by atoms with E-state index in [1.54, 1.807) is 0 Å². The fourth-order valence-corrected chi connectivity index (χ4v) is 2.20. The van der Waals surface area contributed by atoms with E-state index in [1.807, 2.05) is 44.2 Å². The molecule has 138 valence electrons. The van der Waals surface area contributed by atoms with Gasteiger partial charge in [0, 0.05) is 0 Å². The lowest BCUT2D eigenvalue weighted by Crippen LogP contribution is -2.30. The average Bonchev–Trinajstić information content (AvgIpc) is 2.51. The van der Waals surface area contributed by atoms with Crippen LogP contribution >= 0.6 is 0 Å². The summed E-state index contributed by atoms with van der Waals surface area (Å²) in [5.41, 5.74) is 0. The van der Waals surface area contributed by atoms with Gasteiger partial charge in [0.2, 0.25) is 0 Å². The number of ether oxygens (including phenoxy) is 1. The molecule has 0 aliphatic carbocycles. The molecule has 0 aromatic carbocycles. The van der Waals surface area contributed by atoms with E-state index < -0.39 is 18.2 Å². The van der Waals surface area contributed by atoms with Crippen LogP contribution in [0.15, 0.2) is 36.5 Å². The molecule has 0 amide bonds. The van der Waals surface area contributed by atoms with Crippen LogP contribution in [0.2, 0.25) is 0 Å². The maximum atomic E-state index is 12.2. The Labute approximate surface area is 143 Å². The topological polar surface area (TPSA) is 26.3 Å². The van der Waals surface area contributed by atoms with Crippen molar-refractivity contribution in [1.29, 1.82) is 0 Å². The Hall–Kier alpha value is -1.52. The molecule has 0 heterocycles. The lowest BCUT2D eigenvalue weighted by molar-refractivity contribution is -0.205. The van der Waals surface area contributed by atoms with E-state index in [9.17, 15) is 18.0 Å². The summed E-state index contributed by atoms with van der Waals surface area (Å²) in [6.45, 7) is 3.83. The molecule has 2 nitrogen and oxygen atoms in total. The molecule has 0 aliphatic rings. The Morgan fingerprint density at radius 1 is 1.00 bits per heavy atom. The van der Waals surface area contributed by atoms with Gasteiger partial charge < -0.3 is 4.74 Å². The van der Waals surface area contributed by atoms with Crippen LogP contribution < -0.4 is 0 Å². The lowest BCUT2D eigenvalue weighted by Gasteiger charge is -2.18. The monoisotopic (exact) mass is 346 g/mol. The molecular weight excluding hydrogens is 317 g/mol. The zero-order valence-corrected chi connectivity index (χ0v) is 14.6. The molecule has 1 unspecified atom stereocenters. The summed E-state index contributed by atoms with van der Waals surface area (Å²) >= 11 is 0. The van der Waals surface area contributed by atoms with Gasteiger partial charge in [-0.15, -0.1) is 0 Å². The van der Waals surface area contributed by atoms with Gasteiger partial charge in [-0.2, -0.15) is 13.2 Å². The summed E-state index contributed by atoms with van der Waals surface area (Å²) in [6, 6.07) is 0. The first-order valence-electron chi connectivity index (χ1n) is 8.64. The number of halogens is 3. The summed E-state index contributed by atoms with van der Waals surface area (Å²) in [6.07, 6.45) is 12.9. The molecule has 0 saturated heterocycles. The highest BCUT2D eigenvalue weighted by atomic mass is 19.4. The minimum Gasteiger partial charge on any atom is -0.456 e. The summed E-state index contributed by atoms with van der Waals surface area (Å²) in [5.74, 6) is -2.07. The summed E-state index contributed by atoms with van der Waals surface area (Å²) < 4.78 is 41.2. The third-order valence-electron chi connectivity index (χ3n) is 3.42. The van der Waals surface area contributed by atoms with E-state index >= 15 is 0 Å². The van der Waals surface area contributed by atoms with E-state index in [4.69, 9.17) is 0 Å². The normalized spacial score (nSPS) is 14.0. The fraction of sp³-hybridized carbons (Fsp3) is 0.632. The number of carbonyl (C=O) groups excluding carboxylic acids is 1. The second-order valence-electron chi connectivity index (χ2n) is 5.64. The Morgan fingerprint density at radius 3 is 2.29 bits per heavy atom. The molecule has 0 N–H and O–H groups in total. The average molecular weight is 346 g/mol. The van der Waals surface area contributed by atoms with Crippen LogP contribution in [-0.4, -0.2) is 18.2 Å². The molecule has 0 aliphatic heterocycles. The van der Waals surface area contributed by atoms with E-state index in [1.165, 1.54) is 0 Å². The first-order chi connectivity index (χ1) is 11.4. The van der Waals surface area contributed by atoms with Crippen molar-refractivity contribution in [1.82, 2.24) is 0 Å². The number of hydrogen-bond donors (Lipinski definition) is 0. The quantitative estimate of drug-likeness (QED) is 0.236. The van der Waals surface area contributed by atoms with Crippen molar-refractivity contribution in [3.8, 4) is 0 Å². The van der Waals surface area contributed by atoms with Crippen LogP contribution in [0, 0.1) is 0 Å². The molecular formula is C19H29F3O2. The van der Waals surface area contributed by atoms with Gasteiger partial charge >= 0.3 is 12.1 Å². The molecule has 0 spiro atoms. The fourth-order valence-electron chi connectivity index (χ4n) is 2.20. The molecule has 0 bridgehead atoms. The number of rotatable bonds is 12. The van der Waals surface area contributed by atoms with Crippen molar-refractivity contribution in [2.45, 2.75) is 77.5 Å². The van der Waals surface area contributed by atoms with Gasteiger partial charge in [0.1, 0.15) is 6.10 Å². The summed E-state index contributed by atoms with van der Waals surface area (Å²) in [5, 5.41) is 0. The van der Waals surface area contributed by atoms with Crippen LogP contribution in [-0.2, 0) is 9.53 Å². The Balaban J connectivity index is 3.83. The Morgan fingerprint density at radius 2 is 1.67 bits per heavy atom. The first-order valence-corrected chi connectivity index (χ1v) is 8.64. The molecule has 0 rings (SSSR count). The highest BCUT2D eigenvalue weighted by molar-refractivity contribution is 5.75. The van der Waals surface area contributed by atoms with Gasteiger partial charge in [-0.25, -0.2) is 4.79 Å². The van der Waals surface area contributed by atoms with Crippen molar-refractivity contribution >= 4 is 5.97 Å². The largest absolute Gasteiger partial charge is 0.490 e. The third kappa shape index (κ3) is 13.0. The van der Waals surface area contributed by atoms with Gasteiger partial charge in [-0.05, 0) is 39.0 Å². The van der Waals surface area contributed by atoms with Gasteiger partial charge in [0.15, 0.2) is 0 Å². The van der Waals surface area contributed by atoms with E-state index in [0.29, 0.717) is 19.3 Å². The van der Waals surface area contributed by atoms with Crippen LogP contribution in [0.1, 0.15) is 65.2 Å². The van der Waals surface area contributed by atoms with Crippen molar-refractivity contribution in [2.75, 3.05) is 0 Å².